The van der Waals surface area contributed by atoms with Crippen molar-refractivity contribution in [2.75, 3.05) is 105 Å². The number of H-pyrrole nitrogens is 5. The number of carbonyl (C=O) groups excluding carboxylic acids is 3. The van der Waals surface area contributed by atoms with Gasteiger partial charge < -0.3 is 96.0 Å². The second-order valence-electron chi connectivity index (χ2n) is 33.6. The molecule has 6 fully saturated rings. The number of hydrogen-bond donors (Lipinski definition) is 10. The average molecular weight is 2110 g/mol. The maximum atomic E-state index is 12.1. The fourth-order valence-electron chi connectivity index (χ4n) is 15.2. The summed E-state index contributed by atoms with van der Waals surface area (Å²) in [6, 6.07) is -0.765. The Kier molecular flexibility index (Phi) is 54.1. The molecule has 6 aliphatic heterocycles. The Bertz CT molecular complexity index is 5890. The summed E-state index contributed by atoms with van der Waals surface area (Å²) in [7, 11) is -5.89. The Labute approximate surface area is 835 Å². The molecule has 0 aliphatic carbocycles. The van der Waals surface area contributed by atoms with E-state index in [2.05, 4.69) is 47.0 Å². The number of sulfone groups is 1. The number of hydrogen-bond acceptors (Lipinski definition) is 35. The van der Waals surface area contributed by atoms with Crippen LogP contribution < -0.4 is 54.8 Å². The van der Waals surface area contributed by atoms with Crippen LogP contribution in [-0.4, -0.2) is 291 Å². The highest BCUT2D eigenvalue weighted by Gasteiger charge is 2.40. The number of aryl methyl sites for hydroxylation is 6. The Balaban J connectivity index is 0.000000348. The minimum atomic E-state index is -3.67. The number of aliphatic hydroxyl groups is 4. The maximum Gasteiger partial charge on any atom is 0.328 e. The molecule has 6 aliphatic rings. The molecule has 12 rings (SSSR count). The van der Waals surface area contributed by atoms with Crippen LogP contribution in [-0.2, 0) is 85.5 Å². The SMILES string of the molecule is CC.CC.CC(=O)OC1CC(n2cc(C)c(=O)[nH]c2=O)COC1COS(C)(=O)=O.CCC1OCC(n2cc(C)c(=O)[nH]c2=S)CC1O.CCC1OCC(n2cc(C)c(=O)[nH]c2=S)CC1OC(=O)CCC(=O)NC.CCOc1nc(=O)c(C)cn1C1COC(CC)C(O)C1.CS(C)(=O)=O.Cc1cn(C2COC(CO)C(O)C2)c(=O)[nH]c1=O.[C-]#[N+]CCOP(C)OC1CC(n2cc(C)c(=O)[nH]c2=S)COC1CC. The van der Waals surface area contributed by atoms with Crippen molar-refractivity contribution in [3.8, 4) is 6.01 Å². The van der Waals surface area contributed by atoms with E-state index in [1.54, 1.807) is 80.0 Å². The third-order valence-corrected chi connectivity index (χ3v) is 25.1. The molecule has 794 valence electrons. The van der Waals surface area contributed by atoms with Crippen LogP contribution in [0.5, 0.6) is 6.01 Å². The van der Waals surface area contributed by atoms with Gasteiger partial charge in [0.15, 0.2) is 22.7 Å². The topological polar surface area (TPSA) is 586 Å². The number of aromatic amines is 5. The zero-order valence-electron chi connectivity index (χ0n) is 84.0. The van der Waals surface area contributed by atoms with E-state index in [0.29, 0.717) is 132 Å². The van der Waals surface area contributed by atoms with Crippen molar-refractivity contribution in [3.05, 3.63) is 179 Å². The molecule has 1 amide bonds. The van der Waals surface area contributed by atoms with Crippen LogP contribution in [0.2, 0.25) is 0 Å². The molecule has 0 saturated carbocycles. The van der Waals surface area contributed by atoms with Crippen molar-refractivity contribution >= 4 is 82.8 Å². The predicted octanol–water partition coefficient (Wildman–Crippen LogP) is 6.30. The van der Waals surface area contributed by atoms with E-state index in [-0.39, 0.29) is 135 Å². The van der Waals surface area contributed by atoms with E-state index in [0.717, 1.165) is 44.5 Å². The van der Waals surface area contributed by atoms with Crippen molar-refractivity contribution in [1.82, 2.24) is 62.6 Å². The number of rotatable bonds is 26. The van der Waals surface area contributed by atoms with Crippen LogP contribution in [0.1, 0.15) is 216 Å². The summed E-state index contributed by atoms with van der Waals surface area (Å²) in [6.45, 7) is 40.7. The molecule has 10 N–H and O–H groups in total. The van der Waals surface area contributed by atoms with E-state index in [4.69, 9.17) is 104 Å². The highest BCUT2D eigenvalue weighted by Crippen LogP contribution is 2.41. The van der Waals surface area contributed by atoms with Gasteiger partial charge in [0, 0.05) is 123 Å². The highest BCUT2D eigenvalue weighted by atomic mass is 32.2. The molecule has 0 radical (unpaired) electrons. The minimum absolute atomic E-state index is 0.00231. The third-order valence-electron chi connectivity index (χ3n) is 22.5. The Morgan fingerprint density at radius 2 is 0.837 bits per heavy atom. The lowest BCUT2D eigenvalue weighted by Crippen LogP contribution is -2.47. The number of ether oxygens (including phenoxy) is 9. The lowest BCUT2D eigenvalue weighted by molar-refractivity contribution is -0.168. The fraction of sp³-hybridized carbons (Fsp3) is 0.689. The van der Waals surface area contributed by atoms with E-state index in [9.17, 15) is 84.9 Å². The quantitative estimate of drug-likeness (QED) is 0.00711. The lowest BCUT2D eigenvalue weighted by Gasteiger charge is -2.37. The van der Waals surface area contributed by atoms with E-state index in [1.165, 1.54) is 35.5 Å². The van der Waals surface area contributed by atoms with Crippen molar-refractivity contribution in [1.29, 1.82) is 0 Å². The Hall–Kier alpha value is -8.95. The molecule has 141 heavy (non-hydrogen) atoms. The molecule has 6 aromatic heterocycles. The Morgan fingerprint density at radius 1 is 0.504 bits per heavy atom. The van der Waals surface area contributed by atoms with Gasteiger partial charge in [-0.3, -0.25) is 86.0 Å². The number of esters is 2. The predicted molar refractivity (Wildman–Crippen MR) is 533 cm³/mol. The third kappa shape index (κ3) is 40.5. The van der Waals surface area contributed by atoms with Gasteiger partial charge in [-0.15, -0.1) is 0 Å². The fourth-order valence-corrected chi connectivity index (χ4v) is 17.4. The lowest BCUT2D eigenvalue weighted by atomic mass is 9.99. The molecule has 6 aromatic rings. The summed E-state index contributed by atoms with van der Waals surface area (Å²) in [5.41, 5.74) is 0.263. The molecule has 51 heteroatoms. The molecule has 45 nitrogen and oxygen atoms in total. The number of aromatic nitrogens is 12. The van der Waals surface area contributed by atoms with Gasteiger partial charge in [-0.05, 0) is 136 Å². The first-order valence-corrected chi connectivity index (χ1v) is 53.6. The standard InChI is InChI=1S/C17H25N3O5S.C16H24N3O4PS.C14H20N2O8S.C14H22N2O4.C12H18N2O3S.C11H16N2O5.C2H6O2S.2C2H6/c1-4-12-13(25-15(22)6-5-14(21)18-3)7-11(9-24-12)20-8-10(2)16(23)19-17(20)26;1-5-13-14(23-24(4)22-7-6-17-3)8-12(10-21-13)19-9-11(2)15(20)18-16(19)25;1-8-5-16(14(19)15-13(8)18)10-4-11(24-9(2)17)12(22-6-10)7-23-25(3,20)21;1-4-12-11(17)6-10(8-20-12)16-7-9(3)13(18)15-14(16)19-5-2;1-3-10-9(15)4-8(6-17-10)14-5-7(2)11(16)13-12(14)18;1-6-3-13(11(17)12-10(6)16)7-2-8(15)9(4-14)18-5-7;1-5(2,3)4;2*1-2/h8,11-13H,4-7,9H2,1-3H3,(H,18,21)(H,19,23,26);9,12-14H,5-8,10H2,1-2,4H3,(H,18,20,25);5,10-12H,4,6-7H2,1-3H3,(H,15,18,19);7,10-12,17H,4-6,8H2,1-3H3;5,8-10,15H,3-4,6H2,1-2H3,(H,13,16,18);3,7-9,14-15H,2,4-5H2,1H3,(H,12,16,17);1-2H3;2*1-2H3. The van der Waals surface area contributed by atoms with Crippen LogP contribution in [0.3, 0.4) is 0 Å². The molecule has 19 unspecified atom stereocenters. The van der Waals surface area contributed by atoms with Crippen LogP contribution in [0.4, 0.5) is 0 Å². The average Bonchev–Trinajstić information content (AvgIpc) is 0.804. The van der Waals surface area contributed by atoms with Crippen molar-refractivity contribution in [2.45, 2.75) is 297 Å². The van der Waals surface area contributed by atoms with Crippen LogP contribution in [0.25, 0.3) is 4.85 Å². The summed E-state index contributed by atoms with van der Waals surface area (Å²) in [4.78, 5) is 147. The molecule has 6 saturated heterocycles. The minimum Gasteiger partial charge on any atom is -0.465 e. The summed E-state index contributed by atoms with van der Waals surface area (Å²) in [5, 5.41) is 41.2. The maximum absolute atomic E-state index is 12.1. The first kappa shape index (κ1) is 124. The van der Waals surface area contributed by atoms with Gasteiger partial charge in [0.25, 0.3) is 49.5 Å². The van der Waals surface area contributed by atoms with Gasteiger partial charge in [0.2, 0.25) is 12.5 Å². The number of aliphatic hydroxyl groups excluding tert-OH is 4. The molecule has 19 atom stereocenters. The van der Waals surface area contributed by atoms with Crippen LogP contribution in [0.15, 0.2) is 75.5 Å². The number of nitrogens with one attached hydrogen (secondary N) is 6. The van der Waals surface area contributed by atoms with Gasteiger partial charge in [-0.2, -0.15) is 13.4 Å². The first-order chi connectivity index (χ1) is 66.5. The normalized spacial score (nSPS) is 24.3. The molecular formula is C90H143N14O31PS5. The molecule has 12 heterocycles. The van der Waals surface area contributed by atoms with Gasteiger partial charge in [-0.25, -0.2) is 24.6 Å². The van der Waals surface area contributed by atoms with Crippen LogP contribution in [0, 0.1) is 62.4 Å². The number of amides is 1. The molecule has 0 aromatic carbocycles. The van der Waals surface area contributed by atoms with Crippen molar-refractivity contribution < 1.29 is 108 Å². The van der Waals surface area contributed by atoms with Crippen molar-refractivity contribution in [3.63, 3.8) is 0 Å². The smallest absolute Gasteiger partial charge is 0.328 e. The summed E-state index contributed by atoms with van der Waals surface area (Å²) in [6.07, 6.45) is 14.3. The second-order valence-corrected chi connectivity index (χ2v) is 40.0. The van der Waals surface area contributed by atoms with E-state index in [1.807, 2.05) is 66.6 Å². The summed E-state index contributed by atoms with van der Waals surface area (Å²) < 4.78 is 119. The Morgan fingerprint density at radius 3 is 1.21 bits per heavy atom. The van der Waals surface area contributed by atoms with E-state index >= 15 is 0 Å². The second kappa shape index (κ2) is 61.4. The monoisotopic (exact) mass is 2110 g/mol. The highest BCUT2D eigenvalue weighted by molar-refractivity contribution is 7.90. The van der Waals surface area contributed by atoms with Gasteiger partial charge >= 0.3 is 23.3 Å². The summed E-state index contributed by atoms with van der Waals surface area (Å²) >= 11 is 15.7. The van der Waals surface area contributed by atoms with Gasteiger partial charge in [0.1, 0.15) is 40.9 Å². The molecule has 0 spiro atoms. The van der Waals surface area contributed by atoms with Gasteiger partial charge in [0.05, 0.1) is 157 Å². The number of nitrogens with zero attached hydrogens (tertiary/aromatic N) is 8. The van der Waals surface area contributed by atoms with Crippen LogP contribution >= 0.6 is 45.0 Å². The molecule has 0 bridgehead atoms. The number of carbonyl (C=O) groups is 3. The summed E-state index contributed by atoms with van der Waals surface area (Å²) in [5.74, 6) is -1.20. The zero-order chi connectivity index (χ0) is 106. The van der Waals surface area contributed by atoms with E-state index < -0.39 is 112 Å². The van der Waals surface area contributed by atoms with Crippen molar-refractivity contribution in [2.24, 2.45) is 0 Å². The first-order valence-electron chi connectivity index (χ1n) is 46.6. The van der Waals surface area contributed by atoms with Gasteiger partial charge in [-0.1, -0.05) is 55.4 Å². The largest absolute Gasteiger partial charge is 0.465 e. The zero-order valence-corrected chi connectivity index (χ0v) is 89.0. The molecular weight excluding hydrogens is 1960 g/mol.